The van der Waals surface area contributed by atoms with E-state index in [0.29, 0.717) is 4.47 Å². The lowest BCUT2D eigenvalue weighted by Crippen LogP contribution is -2.24. The quantitative estimate of drug-likeness (QED) is 0.840. The second kappa shape index (κ2) is 5.61. The lowest BCUT2D eigenvalue weighted by Gasteiger charge is -2.14. The normalized spacial score (nSPS) is 11.0. The molecule has 0 unspecified atom stereocenters. The van der Waals surface area contributed by atoms with E-state index in [1.807, 2.05) is 0 Å². The number of aromatic nitrogens is 1. The molecule has 2 nitrogen and oxygen atoms in total. The summed E-state index contributed by atoms with van der Waals surface area (Å²) in [6.07, 6.45) is -2.69. The van der Waals surface area contributed by atoms with E-state index in [2.05, 4.69) is 15.9 Å². The van der Waals surface area contributed by atoms with E-state index in [-0.39, 0.29) is 11.3 Å². The van der Waals surface area contributed by atoms with Gasteiger partial charge in [-0.15, -0.1) is 0 Å². The molecule has 2 aromatic rings. The SMILES string of the molecule is O=c1cccc(-c2c(F)cccc2Br)n1CC(F)F. The highest BCUT2D eigenvalue weighted by Gasteiger charge is 2.16. The third-order valence-corrected chi connectivity index (χ3v) is 3.25. The number of pyridine rings is 1. The minimum absolute atomic E-state index is 0.0980. The summed E-state index contributed by atoms with van der Waals surface area (Å²) in [5.74, 6) is -0.581. The van der Waals surface area contributed by atoms with Crippen molar-refractivity contribution >= 4 is 15.9 Å². The van der Waals surface area contributed by atoms with Crippen LogP contribution in [0.2, 0.25) is 0 Å². The van der Waals surface area contributed by atoms with Crippen molar-refractivity contribution in [1.29, 1.82) is 0 Å². The molecule has 0 saturated heterocycles. The van der Waals surface area contributed by atoms with Crippen LogP contribution in [0.15, 0.2) is 45.7 Å². The summed E-state index contributed by atoms with van der Waals surface area (Å²) in [6, 6.07) is 8.31. The lowest BCUT2D eigenvalue weighted by atomic mass is 10.1. The molecule has 6 heteroatoms. The van der Waals surface area contributed by atoms with Gasteiger partial charge >= 0.3 is 0 Å². The molecule has 0 spiro atoms. The molecule has 1 aromatic heterocycles. The first-order valence-corrected chi connectivity index (χ1v) is 6.22. The van der Waals surface area contributed by atoms with Crippen LogP contribution < -0.4 is 5.56 Å². The Labute approximate surface area is 115 Å². The molecule has 0 bridgehead atoms. The Morgan fingerprint density at radius 3 is 2.47 bits per heavy atom. The molecule has 19 heavy (non-hydrogen) atoms. The monoisotopic (exact) mass is 331 g/mol. The van der Waals surface area contributed by atoms with Gasteiger partial charge in [-0.1, -0.05) is 12.1 Å². The molecule has 0 aliphatic heterocycles. The van der Waals surface area contributed by atoms with E-state index in [9.17, 15) is 18.0 Å². The zero-order valence-corrected chi connectivity index (χ0v) is 11.2. The van der Waals surface area contributed by atoms with Crippen LogP contribution in [0.25, 0.3) is 11.3 Å². The molecule has 0 aliphatic rings. The Morgan fingerprint density at radius 2 is 1.84 bits per heavy atom. The van der Waals surface area contributed by atoms with Gasteiger partial charge in [0, 0.05) is 16.1 Å². The number of hydrogen-bond acceptors (Lipinski definition) is 1. The first-order valence-electron chi connectivity index (χ1n) is 5.43. The van der Waals surface area contributed by atoms with Gasteiger partial charge in [0.2, 0.25) is 0 Å². The number of hydrogen-bond donors (Lipinski definition) is 0. The predicted molar refractivity (Wildman–Crippen MR) is 69.8 cm³/mol. The molecular weight excluding hydrogens is 323 g/mol. The fourth-order valence-corrected chi connectivity index (χ4v) is 2.35. The maximum absolute atomic E-state index is 13.9. The van der Waals surface area contributed by atoms with Crippen LogP contribution in [0.4, 0.5) is 13.2 Å². The van der Waals surface area contributed by atoms with Crippen molar-refractivity contribution in [2.45, 2.75) is 13.0 Å². The number of halogens is 4. The summed E-state index contributed by atoms with van der Waals surface area (Å²) in [4.78, 5) is 11.7. The van der Waals surface area contributed by atoms with Crippen LogP contribution >= 0.6 is 15.9 Å². The molecule has 0 atom stereocenters. The van der Waals surface area contributed by atoms with Crippen LogP contribution in [0.5, 0.6) is 0 Å². The van der Waals surface area contributed by atoms with Crippen molar-refractivity contribution in [3.8, 4) is 11.3 Å². The second-order valence-electron chi connectivity index (χ2n) is 3.85. The molecule has 1 aromatic carbocycles. The molecule has 2 rings (SSSR count). The van der Waals surface area contributed by atoms with Crippen molar-refractivity contribution < 1.29 is 13.2 Å². The third-order valence-electron chi connectivity index (χ3n) is 2.59. The molecule has 0 aliphatic carbocycles. The van der Waals surface area contributed by atoms with Gasteiger partial charge in [0.25, 0.3) is 12.0 Å². The Hall–Kier alpha value is -1.56. The maximum atomic E-state index is 13.9. The Balaban J connectivity index is 2.69. The van der Waals surface area contributed by atoms with Gasteiger partial charge in [-0.3, -0.25) is 4.79 Å². The van der Waals surface area contributed by atoms with Crippen molar-refractivity contribution in [2.24, 2.45) is 0 Å². The largest absolute Gasteiger partial charge is 0.302 e. The predicted octanol–water partition coefficient (Wildman–Crippen LogP) is 3.68. The van der Waals surface area contributed by atoms with Gasteiger partial charge in [0.1, 0.15) is 5.82 Å². The minimum Gasteiger partial charge on any atom is -0.302 e. The summed E-state index contributed by atoms with van der Waals surface area (Å²) in [5, 5.41) is 0. The van der Waals surface area contributed by atoms with Gasteiger partial charge in [-0.05, 0) is 34.1 Å². The number of rotatable bonds is 3. The summed E-state index contributed by atoms with van der Waals surface area (Å²) >= 11 is 3.17. The Bertz CT molecular complexity index is 634. The maximum Gasteiger partial charge on any atom is 0.256 e. The molecule has 0 N–H and O–H groups in total. The highest BCUT2D eigenvalue weighted by molar-refractivity contribution is 9.10. The molecule has 0 saturated carbocycles. The van der Waals surface area contributed by atoms with E-state index < -0.39 is 24.3 Å². The van der Waals surface area contributed by atoms with E-state index >= 15 is 0 Å². The van der Waals surface area contributed by atoms with Crippen molar-refractivity contribution in [2.75, 3.05) is 0 Å². The van der Waals surface area contributed by atoms with E-state index in [0.717, 1.165) is 4.57 Å². The first-order chi connectivity index (χ1) is 9.00. The topological polar surface area (TPSA) is 22.0 Å². The first kappa shape index (κ1) is 13.9. The van der Waals surface area contributed by atoms with E-state index in [4.69, 9.17) is 0 Å². The average Bonchev–Trinajstić information content (AvgIpc) is 2.32. The Kier molecular flexibility index (Phi) is 4.09. The zero-order chi connectivity index (χ0) is 14.0. The van der Waals surface area contributed by atoms with E-state index in [1.54, 1.807) is 6.07 Å². The number of alkyl halides is 2. The number of benzene rings is 1. The smallest absolute Gasteiger partial charge is 0.256 e. The van der Waals surface area contributed by atoms with Crippen LogP contribution in [-0.2, 0) is 6.54 Å². The van der Waals surface area contributed by atoms with Crippen LogP contribution in [0.1, 0.15) is 0 Å². The summed E-state index contributed by atoms with van der Waals surface area (Å²) in [7, 11) is 0. The van der Waals surface area contributed by atoms with Crippen molar-refractivity contribution in [3.05, 3.63) is 57.0 Å². The Morgan fingerprint density at radius 1 is 1.16 bits per heavy atom. The lowest BCUT2D eigenvalue weighted by molar-refractivity contribution is 0.126. The fraction of sp³-hybridized carbons (Fsp3) is 0.154. The van der Waals surface area contributed by atoms with Gasteiger partial charge in [0.05, 0.1) is 12.2 Å². The molecule has 100 valence electrons. The summed E-state index contributed by atoms with van der Waals surface area (Å²) < 4.78 is 40.2. The van der Waals surface area contributed by atoms with Crippen LogP contribution in [0, 0.1) is 5.82 Å². The molecule has 0 fully saturated rings. The molecular formula is C13H9BrF3NO. The summed E-state index contributed by atoms with van der Waals surface area (Å²) in [5.41, 5.74) is -0.369. The highest BCUT2D eigenvalue weighted by atomic mass is 79.9. The van der Waals surface area contributed by atoms with E-state index in [1.165, 1.54) is 30.3 Å². The third kappa shape index (κ3) is 2.89. The van der Waals surface area contributed by atoms with Gasteiger partial charge in [-0.2, -0.15) is 0 Å². The van der Waals surface area contributed by atoms with Crippen LogP contribution in [-0.4, -0.2) is 11.0 Å². The van der Waals surface area contributed by atoms with Crippen molar-refractivity contribution in [1.82, 2.24) is 4.57 Å². The minimum atomic E-state index is -2.69. The summed E-state index contributed by atoms with van der Waals surface area (Å²) in [6.45, 7) is -0.768. The second-order valence-corrected chi connectivity index (χ2v) is 4.70. The molecule has 1 heterocycles. The fourth-order valence-electron chi connectivity index (χ4n) is 1.81. The average molecular weight is 332 g/mol. The number of nitrogens with zero attached hydrogens (tertiary/aromatic N) is 1. The zero-order valence-electron chi connectivity index (χ0n) is 9.62. The van der Waals surface area contributed by atoms with Crippen molar-refractivity contribution in [3.63, 3.8) is 0 Å². The van der Waals surface area contributed by atoms with Gasteiger partial charge in [-0.25, -0.2) is 13.2 Å². The van der Waals surface area contributed by atoms with Crippen LogP contribution in [0.3, 0.4) is 0 Å². The highest BCUT2D eigenvalue weighted by Crippen LogP contribution is 2.30. The molecule has 0 amide bonds. The molecule has 0 radical (unpaired) electrons. The van der Waals surface area contributed by atoms with Gasteiger partial charge < -0.3 is 4.57 Å². The standard InChI is InChI=1S/C13H9BrF3NO/c14-8-3-1-4-9(15)13(8)10-5-2-6-12(19)18(10)7-11(16)17/h1-6,11H,7H2. The van der Waals surface area contributed by atoms with Gasteiger partial charge in [0.15, 0.2) is 0 Å².